The topological polar surface area (TPSA) is 57.2 Å². The average molecular weight is 666 g/mol. The second-order valence-corrected chi connectivity index (χ2v) is 14.3. The zero-order valence-electron chi connectivity index (χ0n) is 25.7. The fourth-order valence-corrected chi connectivity index (χ4v) is 9.55. The van der Waals surface area contributed by atoms with Gasteiger partial charge in [-0.2, -0.15) is 5.10 Å². The van der Waals surface area contributed by atoms with Gasteiger partial charge in [0.2, 0.25) is 0 Å². The molecule has 49 heavy (non-hydrogen) atoms. The van der Waals surface area contributed by atoms with Gasteiger partial charge in [-0.05, 0) is 78.2 Å². The smallest absolute Gasteiger partial charge is 0.146 e. The van der Waals surface area contributed by atoms with Gasteiger partial charge >= 0.3 is 0 Å². The van der Waals surface area contributed by atoms with Gasteiger partial charge < -0.3 is 4.74 Å². The Hall–Kier alpha value is -6.09. The summed E-state index contributed by atoms with van der Waals surface area (Å²) in [5, 5.41) is 13.5. The molecule has 8 heteroatoms. The molecular formula is C41H23N5OS2. The fourth-order valence-electron chi connectivity index (χ4n) is 7.13. The van der Waals surface area contributed by atoms with Crippen LogP contribution in [-0.4, -0.2) is 24.1 Å². The average Bonchev–Trinajstić information content (AvgIpc) is 3.96. The SMILES string of the molecule is c1cc(Oc2ccc3c4cccnc4n4ccnc4c3c2)cc(-n2ccc(-c3ccc4sc5c(ccc6sc7ccccc7c65)c4c3)n2)c1. The van der Waals surface area contributed by atoms with Crippen LogP contribution in [0.1, 0.15) is 0 Å². The van der Waals surface area contributed by atoms with Crippen LogP contribution in [0.2, 0.25) is 0 Å². The van der Waals surface area contributed by atoms with Crippen molar-refractivity contribution in [2.75, 3.05) is 0 Å². The maximum absolute atomic E-state index is 6.42. The summed E-state index contributed by atoms with van der Waals surface area (Å²) < 4.78 is 15.7. The number of ether oxygens (including phenoxy) is 1. The standard InChI is InChI=1S/C41H23N5OS2/c1-2-9-35-31(7-1)38-37(48-35)15-13-29-32-21-24(10-14-36(32)49-39(29)38)34-16-19-46(44-34)25-5-3-6-26(22-25)47-27-11-12-28-30-8-4-17-42-40(30)45-20-18-43-41(45)33(28)23-27/h1-23H. The third kappa shape index (κ3) is 4.08. The molecule has 0 atom stereocenters. The molecule has 0 spiro atoms. The second-order valence-electron chi connectivity index (χ2n) is 12.2. The van der Waals surface area contributed by atoms with Crippen molar-refractivity contribution in [2.24, 2.45) is 0 Å². The van der Waals surface area contributed by atoms with Gasteiger partial charge in [-0.25, -0.2) is 14.6 Å². The maximum Gasteiger partial charge on any atom is 0.146 e. The van der Waals surface area contributed by atoms with Crippen LogP contribution in [0, 0.1) is 0 Å². The fraction of sp³-hybridized carbons (Fsp3) is 0. The first-order chi connectivity index (χ1) is 24.2. The molecule has 11 rings (SSSR count). The molecule has 0 saturated heterocycles. The first kappa shape index (κ1) is 26.9. The molecule has 230 valence electrons. The Morgan fingerprint density at radius 2 is 1.37 bits per heavy atom. The third-order valence-corrected chi connectivity index (χ3v) is 11.7. The quantitative estimate of drug-likeness (QED) is 0.176. The molecule has 6 heterocycles. The van der Waals surface area contributed by atoms with Gasteiger partial charge in [0.05, 0.1) is 11.4 Å². The summed E-state index contributed by atoms with van der Waals surface area (Å²) >= 11 is 3.75. The van der Waals surface area contributed by atoms with E-state index in [1.165, 1.54) is 40.3 Å². The lowest BCUT2D eigenvalue weighted by molar-refractivity contribution is 0.483. The third-order valence-electron chi connectivity index (χ3n) is 9.36. The zero-order chi connectivity index (χ0) is 32.1. The minimum atomic E-state index is 0.731. The van der Waals surface area contributed by atoms with Gasteiger partial charge in [0, 0.05) is 87.5 Å². The first-order valence-corrected chi connectivity index (χ1v) is 17.6. The van der Waals surface area contributed by atoms with Crippen LogP contribution in [0.3, 0.4) is 0 Å². The minimum absolute atomic E-state index is 0.731. The van der Waals surface area contributed by atoms with E-state index in [0.29, 0.717) is 0 Å². The van der Waals surface area contributed by atoms with Crippen LogP contribution >= 0.6 is 22.7 Å². The molecule has 6 aromatic heterocycles. The molecule has 0 aliphatic rings. The summed E-state index contributed by atoms with van der Waals surface area (Å²) in [5.74, 6) is 1.47. The minimum Gasteiger partial charge on any atom is -0.457 e. The van der Waals surface area contributed by atoms with E-state index in [9.17, 15) is 0 Å². The van der Waals surface area contributed by atoms with Crippen molar-refractivity contribution in [3.8, 4) is 28.4 Å². The lowest BCUT2D eigenvalue weighted by Gasteiger charge is -2.11. The van der Waals surface area contributed by atoms with Crippen LogP contribution in [0.25, 0.3) is 84.7 Å². The van der Waals surface area contributed by atoms with E-state index in [0.717, 1.165) is 55.9 Å². The number of hydrogen-bond donors (Lipinski definition) is 0. The van der Waals surface area contributed by atoms with E-state index in [1.807, 2.05) is 92.9 Å². The van der Waals surface area contributed by atoms with E-state index in [2.05, 4.69) is 88.8 Å². The van der Waals surface area contributed by atoms with Crippen molar-refractivity contribution in [3.05, 3.63) is 140 Å². The van der Waals surface area contributed by atoms with Gasteiger partial charge in [0.25, 0.3) is 0 Å². The predicted molar refractivity (Wildman–Crippen MR) is 203 cm³/mol. The van der Waals surface area contributed by atoms with Crippen molar-refractivity contribution in [1.82, 2.24) is 24.1 Å². The Labute approximate surface area is 286 Å². The monoisotopic (exact) mass is 665 g/mol. The molecule has 0 fully saturated rings. The van der Waals surface area contributed by atoms with Gasteiger partial charge in [-0.3, -0.25) is 4.40 Å². The van der Waals surface area contributed by atoms with E-state index >= 15 is 0 Å². The molecule has 0 N–H and O–H groups in total. The summed E-state index contributed by atoms with van der Waals surface area (Å²) in [4.78, 5) is 9.24. The summed E-state index contributed by atoms with van der Waals surface area (Å²) in [6, 6.07) is 40.3. The molecule has 11 aromatic rings. The van der Waals surface area contributed by atoms with Crippen molar-refractivity contribution in [3.63, 3.8) is 0 Å². The van der Waals surface area contributed by atoms with E-state index in [-0.39, 0.29) is 0 Å². The van der Waals surface area contributed by atoms with Crippen molar-refractivity contribution >= 4 is 90.5 Å². The summed E-state index contributed by atoms with van der Waals surface area (Å²) in [7, 11) is 0. The molecule has 0 amide bonds. The Bertz CT molecular complexity index is 3110. The molecule has 0 aliphatic carbocycles. The predicted octanol–water partition coefficient (Wildman–Crippen LogP) is 11.4. The zero-order valence-corrected chi connectivity index (χ0v) is 27.4. The molecule has 0 unspecified atom stereocenters. The Kier molecular flexibility index (Phi) is 5.61. The highest BCUT2D eigenvalue weighted by Crippen LogP contribution is 2.45. The normalized spacial score (nSPS) is 12.1. The van der Waals surface area contributed by atoms with Crippen LogP contribution in [0.5, 0.6) is 11.5 Å². The van der Waals surface area contributed by atoms with Crippen LogP contribution in [0.15, 0.2) is 140 Å². The molecule has 0 saturated carbocycles. The van der Waals surface area contributed by atoms with Crippen LogP contribution in [0.4, 0.5) is 0 Å². The number of nitrogens with zero attached hydrogens (tertiary/aromatic N) is 5. The first-order valence-electron chi connectivity index (χ1n) is 16.0. The number of benzene rings is 5. The Balaban J connectivity index is 0.934. The Morgan fingerprint density at radius 1 is 0.531 bits per heavy atom. The maximum atomic E-state index is 6.42. The van der Waals surface area contributed by atoms with Crippen LogP contribution in [-0.2, 0) is 0 Å². The summed E-state index contributed by atoms with van der Waals surface area (Å²) in [6.07, 6.45) is 7.58. The highest BCUT2D eigenvalue weighted by atomic mass is 32.1. The van der Waals surface area contributed by atoms with E-state index in [1.54, 1.807) is 0 Å². The number of rotatable bonds is 4. The Morgan fingerprint density at radius 3 is 2.37 bits per heavy atom. The van der Waals surface area contributed by atoms with E-state index < -0.39 is 0 Å². The van der Waals surface area contributed by atoms with Gasteiger partial charge in [-0.15, -0.1) is 22.7 Å². The largest absolute Gasteiger partial charge is 0.457 e. The molecule has 5 aromatic carbocycles. The van der Waals surface area contributed by atoms with Gasteiger partial charge in [0.15, 0.2) is 0 Å². The lowest BCUT2D eigenvalue weighted by atomic mass is 10.1. The number of fused-ring (bicyclic) bond motifs is 13. The molecule has 0 aliphatic heterocycles. The highest BCUT2D eigenvalue weighted by molar-refractivity contribution is 7.29. The van der Waals surface area contributed by atoms with Crippen molar-refractivity contribution in [2.45, 2.75) is 0 Å². The van der Waals surface area contributed by atoms with Crippen molar-refractivity contribution < 1.29 is 4.74 Å². The number of imidazole rings is 1. The summed E-state index contributed by atoms with van der Waals surface area (Å²) in [6.45, 7) is 0. The lowest BCUT2D eigenvalue weighted by Crippen LogP contribution is -1.96. The number of hydrogen-bond acceptors (Lipinski definition) is 6. The van der Waals surface area contributed by atoms with Gasteiger partial charge in [0.1, 0.15) is 22.8 Å². The van der Waals surface area contributed by atoms with Gasteiger partial charge in [-0.1, -0.05) is 36.4 Å². The van der Waals surface area contributed by atoms with Crippen molar-refractivity contribution in [1.29, 1.82) is 0 Å². The molecular weight excluding hydrogens is 643 g/mol. The van der Waals surface area contributed by atoms with Crippen LogP contribution < -0.4 is 4.74 Å². The molecule has 0 bridgehead atoms. The van der Waals surface area contributed by atoms with E-state index in [4.69, 9.17) is 9.84 Å². The summed E-state index contributed by atoms with van der Waals surface area (Å²) in [5.41, 5.74) is 4.68. The number of pyridine rings is 2. The molecule has 0 radical (unpaired) electrons. The highest BCUT2D eigenvalue weighted by Gasteiger charge is 2.15. The molecule has 6 nitrogen and oxygen atoms in total. The number of thiophene rings is 2. The second kappa shape index (κ2) is 10.2. The number of aromatic nitrogens is 5.